The summed E-state index contributed by atoms with van der Waals surface area (Å²) in [5, 5.41) is 8.74. The van der Waals surface area contributed by atoms with Gasteiger partial charge in [0.2, 0.25) is 0 Å². The van der Waals surface area contributed by atoms with E-state index < -0.39 is 10.6 Å². The van der Waals surface area contributed by atoms with Crippen molar-refractivity contribution < 1.29 is 12.6 Å². The number of aromatic nitrogens is 4. The Balaban J connectivity index is 0.000000582. The molecule has 1 N–H and O–H groups in total. The quantitative estimate of drug-likeness (QED) is 0.357. The molecule has 176 valence electrons. The Morgan fingerprint density at radius 1 is 1.00 bits per heavy atom. The van der Waals surface area contributed by atoms with Crippen LogP contribution in [0, 0.1) is 5.92 Å². The smallest absolute Gasteiger partial charge is 0.332 e. The van der Waals surface area contributed by atoms with Gasteiger partial charge in [0.05, 0.1) is 16.3 Å². The first kappa shape index (κ1) is 26.1. The number of hydrogen-bond donors (Lipinski definition) is 1. The van der Waals surface area contributed by atoms with Crippen LogP contribution in [-0.2, 0) is 10.6 Å². The van der Waals surface area contributed by atoms with E-state index in [2.05, 4.69) is 64.6 Å². The summed E-state index contributed by atoms with van der Waals surface area (Å²) in [7, 11) is -3.11. The van der Waals surface area contributed by atoms with Gasteiger partial charge in [-0.2, -0.15) is 5.10 Å². The summed E-state index contributed by atoms with van der Waals surface area (Å²) >= 11 is 1.67. The minimum absolute atomic E-state index is 0.207. The van der Waals surface area contributed by atoms with E-state index in [1.54, 1.807) is 17.7 Å². The first-order chi connectivity index (χ1) is 16.0. The second-order valence-electron chi connectivity index (χ2n) is 6.83. The summed E-state index contributed by atoms with van der Waals surface area (Å²) < 4.78 is 28.5. The van der Waals surface area contributed by atoms with Crippen LogP contribution in [0.25, 0.3) is 10.2 Å². The highest BCUT2D eigenvalue weighted by Crippen LogP contribution is 2.32. The molecule has 1 atom stereocenters. The number of rotatable bonds is 7. The molecule has 0 fully saturated rings. The molecule has 0 bridgehead atoms. The number of benzene rings is 2. The monoisotopic (exact) mass is 487 g/mol. The third-order valence-corrected chi connectivity index (χ3v) is 5.97. The van der Waals surface area contributed by atoms with E-state index in [0.29, 0.717) is 5.92 Å². The topological polar surface area (TPSA) is 107 Å². The van der Waals surface area contributed by atoms with Crippen molar-refractivity contribution in [1.82, 2.24) is 19.7 Å². The van der Waals surface area contributed by atoms with Crippen molar-refractivity contribution in [2.75, 3.05) is 5.32 Å². The van der Waals surface area contributed by atoms with Crippen molar-refractivity contribution in [2.45, 2.75) is 46.6 Å². The average Bonchev–Trinajstić information content (AvgIpc) is 3.49. The molecule has 1 unspecified atom stereocenters. The summed E-state index contributed by atoms with van der Waals surface area (Å²) in [6.07, 6.45) is 5.63. The Labute approximate surface area is 199 Å². The molecule has 2 aromatic heterocycles. The fraction of sp³-hybridized carbons (Fsp3) is 0.348. The molecule has 0 radical (unpaired) electrons. The second kappa shape index (κ2) is 13.4. The Morgan fingerprint density at radius 2 is 1.64 bits per heavy atom. The molecule has 2 aromatic carbocycles. The maximum atomic E-state index is 8.44. The van der Waals surface area contributed by atoms with E-state index in [0.717, 1.165) is 29.2 Å². The van der Waals surface area contributed by atoms with Crippen LogP contribution in [0.1, 0.15) is 52.1 Å². The van der Waals surface area contributed by atoms with Gasteiger partial charge in [-0.15, -0.1) is 12.6 Å². The van der Waals surface area contributed by atoms with Gasteiger partial charge in [-0.05, 0) is 35.7 Å². The van der Waals surface area contributed by atoms with Gasteiger partial charge in [-0.1, -0.05) is 76.1 Å². The van der Waals surface area contributed by atoms with E-state index >= 15 is 0 Å². The van der Waals surface area contributed by atoms with Gasteiger partial charge in [-0.3, -0.25) is 0 Å². The number of thiazole rings is 1. The van der Waals surface area contributed by atoms with Crippen LogP contribution < -0.4 is 5.32 Å². The molecule has 0 aliphatic carbocycles. The van der Waals surface area contributed by atoms with Crippen molar-refractivity contribution in [3.8, 4) is 0 Å². The molecule has 0 spiro atoms. The number of hydrogen-bond acceptors (Lipinski definition) is 8. The first-order valence-electron chi connectivity index (χ1n) is 10.8. The SMILES string of the molecule is CC.CCC(CC)C(c1ccc(Nc2nc3ccccc3s2)cc1)n1cncn1.O=S(=O)=O. The third kappa shape index (κ3) is 7.47. The van der Waals surface area contributed by atoms with Crippen molar-refractivity contribution in [3.05, 3.63) is 66.7 Å². The van der Waals surface area contributed by atoms with Crippen molar-refractivity contribution >= 4 is 43.0 Å². The summed E-state index contributed by atoms with van der Waals surface area (Å²) in [4.78, 5) is 8.79. The van der Waals surface area contributed by atoms with Crippen LogP contribution in [-0.4, -0.2) is 32.4 Å². The van der Waals surface area contributed by atoms with E-state index in [-0.39, 0.29) is 6.04 Å². The number of fused-ring (bicyclic) bond motifs is 1. The molecule has 0 aliphatic rings. The summed E-state index contributed by atoms with van der Waals surface area (Å²) in [5.41, 5.74) is 3.32. The molecule has 4 aromatic rings. The predicted octanol–water partition coefficient (Wildman–Crippen LogP) is 5.68. The third-order valence-electron chi connectivity index (χ3n) is 5.01. The average molecular weight is 488 g/mol. The Kier molecular flexibility index (Phi) is 10.6. The zero-order valence-electron chi connectivity index (χ0n) is 19.2. The molecule has 4 rings (SSSR count). The van der Waals surface area contributed by atoms with E-state index in [1.807, 2.05) is 43.1 Å². The van der Waals surface area contributed by atoms with E-state index in [1.165, 1.54) is 10.3 Å². The highest BCUT2D eigenvalue weighted by molar-refractivity contribution is 7.59. The normalized spacial score (nSPS) is 11.2. The second-order valence-corrected chi connectivity index (χ2v) is 8.27. The van der Waals surface area contributed by atoms with Gasteiger partial charge >= 0.3 is 10.6 Å². The van der Waals surface area contributed by atoms with Crippen LogP contribution in [0.3, 0.4) is 0 Å². The van der Waals surface area contributed by atoms with Gasteiger partial charge in [0, 0.05) is 5.69 Å². The van der Waals surface area contributed by atoms with Crippen LogP contribution in [0.15, 0.2) is 61.2 Å². The van der Waals surface area contributed by atoms with Crippen molar-refractivity contribution in [1.29, 1.82) is 0 Å². The van der Waals surface area contributed by atoms with Gasteiger partial charge in [0.1, 0.15) is 12.7 Å². The lowest BCUT2D eigenvalue weighted by Crippen LogP contribution is -2.20. The molecular weight excluding hydrogens is 458 g/mol. The van der Waals surface area contributed by atoms with Gasteiger partial charge in [0.15, 0.2) is 5.13 Å². The zero-order valence-corrected chi connectivity index (χ0v) is 20.8. The minimum Gasteiger partial charge on any atom is -0.332 e. The van der Waals surface area contributed by atoms with Crippen molar-refractivity contribution in [3.63, 3.8) is 0 Å². The lowest BCUT2D eigenvalue weighted by molar-refractivity contribution is 0.332. The summed E-state index contributed by atoms with van der Waals surface area (Å²) in [5.74, 6) is 0.523. The van der Waals surface area contributed by atoms with Crippen LogP contribution in [0.5, 0.6) is 0 Å². The van der Waals surface area contributed by atoms with Crippen LogP contribution in [0.4, 0.5) is 10.8 Å². The lowest BCUT2D eigenvalue weighted by atomic mass is 9.89. The number of anilines is 2. The highest BCUT2D eigenvalue weighted by Gasteiger charge is 2.23. The Morgan fingerprint density at radius 3 is 2.18 bits per heavy atom. The van der Waals surface area contributed by atoms with Crippen LogP contribution in [0.2, 0.25) is 0 Å². The van der Waals surface area contributed by atoms with E-state index in [9.17, 15) is 0 Å². The molecule has 0 aliphatic heterocycles. The molecule has 2 heterocycles. The Hall–Kier alpha value is -3.11. The molecule has 8 nitrogen and oxygen atoms in total. The zero-order chi connectivity index (χ0) is 24.2. The fourth-order valence-electron chi connectivity index (χ4n) is 3.55. The highest BCUT2D eigenvalue weighted by atomic mass is 32.2. The number of para-hydroxylation sites is 1. The van der Waals surface area contributed by atoms with E-state index in [4.69, 9.17) is 12.6 Å². The van der Waals surface area contributed by atoms with Gasteiger partial charge in [-0.25, -0.2) is 14.6 Å². The number of nitrogens with one attached hydrogen (secondary N) is 1. The van der Waals surface area contributed by atoms with Gasteiger partial charge < -0.3 is 5.32 Å². The molecular formula is C23H29N5O3S2. The van der Waals surface area contributed by atoms with Gasteiger partial charge in [0.25, 0.3) is 0 Å². The van der Waals surface area contributed by atoms with Crippen LogP contribution >= 0.6 is 11.3 Å². The largest absolute Gasteiger partial charge is 0.425 e. The molecule has 0 saturated heterocycles. The maximum Gasteiger partial charge on any atom is 0.425 e. The molecule has 33 heavy (non-hydrogen) atoms. The minimum atomic E-state index is -3.11. The number of nitrogens with zero attached hydrogens (tertiary/aromatic N) is 4. The van der Waals surface area contributed by atoms with Crippen molar-refractivity contribution in [2.24, 2.45) is 5.92 Å². The Bertz CT molecular complexity index is 1160. The molecule has 0 amide bonds. The molecule has 10 heteroatoms. The predicted molar refractivity (Wildman–Crippen MR) is 133 cm³/mol. The fourth-order valence-corrected chi connectivity index (χ4v) is 4.44. The lowest BCUT2D eigenvalue weighted by Gasteiger charge is -2.26. The maximum absolute atomic E-state index is 8.44. The summed E-state index contributed by atoms with van der Waals surface area (Å²) in [6, 6.07) is 17.0. The summed E-state index contributed by atoms with van der Waals surface area (Å²) in [6.45, 7) is 8.47. The molecule has 0 saturated carbocycles. The first-order valence-corrected chi connectivity index (χ1v) is 12.7. The standard InChI is InChI=1S/C21H23N5S.C2H6.O3S/c1-3-15(4-2)20(26-14-22-13-23-26)16-9-11-17(12-10-16)24-21-25-18-7-5-6-8-19(18)27-21;1-2;1-4(2)3/h5-15,20H,3-4H2,1-2H3,(H,24,25);1-2H3;.